The lowest BCUT2D eigenvalue weighted by atomic mass is 10.1. The average Bonchev–Trinajstić information content (AvgIpc) is 3.20. The number of rotatable bonds is 22. The molecule has 0 aliphatic carbocycles. The van der Waals surface area contributed by atoms with Crippen LogP contribution in [0.4, 0.5) is 0 Å². The number of thioether (sulfide) groups is 1. The summed E-state index contributed by atoms with van der Waals surface area (Å²) >= 11 is 1.75. The molecule has 190 valence electrons. The summed E-state index contributed by atoms with van der Waals surface area (Å²) in [7, 11) is 4.03. The van der Waals surface area contributed by atoms with Gasteiger partial charge in [0.15, 0.2) is 5.82 Å². The SMILES string of the molecule is CN(C)Cc1ccc(CSCCN/C(=C/[N+](=O)[O-])NCCCCCCCCCCCCN)o1. The van der Waals surface area contributed by atoms with E-state index in [0.717, 1.165) is 68.1 Å². The number of nitrogens with two attached hydrogens (primary N) is 1. The third kappa shape index (κ3) is 17.4. The standard InChI is InChI=1S/C24H45N5O3S/c1-28(2)19-22-13-14-23(32-22)21-33-18-17-27-24(20-29(30)31)26-16-12-10-8-6-4-3-5-7-9-11-15-25/h13-14,20,26-27H,3-12,15-19,21,25H2,1-2H3/b24-20+. The summed E-state index contributed by atoms with van der Waals surface area (Å²) in [6.07, 6.45) is 13.4. The highest BCUT2D eigenvalue weighted by atomic mass is 32.2. The van der Waals surface area contributed by atoms with Gasteiger partial charge in [0.1, 0.15) is 11.5 Å². The average molecular weight is 484 g/mol. The quantitative estimate of drug-likeness (QED) is 0.124. The summed E-state index contributed by atoms with van der Waals surface area (Å²) in [5.41, 5.74) is 5.51. The Morgan fingerprint density at radius 3 is 2.18 bits per heavy atom. The molecule has 1 heterocycles. The molecular weight excluding hydrogens is 438 g/mol. The number of hydrogen-bond donors (Lipinski definition) is 3. The Morgan fingerprint density at radius 1 is 1.00 bits per heavy atom. The molecule has 8 nitrogen and oxygen atoms in total. The van der Waals surface area contributed by atoms with Gasteiger partial charge >= 0.3 is 0 Å². The Kier molecular flexibility index (Phi) is 17.5. The van der Waals surface area contributed by atoms with Crippen molar-refractivity contribution in [2.24, 2.45) is 5.73 Å². The van der Waals surface area contributed by atoms with Crippen LogP contribution in [0.15, 0.2) is 28.6 Å². The van der Waals surface area contributed by atoms with E-state index in [9.17, 15) is 10.1 Å². The maximum atomic E-state index is 10.9. The van der Waals surface area contributed by atoms with Gasteiger partial charge in [-0.1, -0.05) is 51.4 Å². The van der Waals surface area contributed by atoms with Crippen molar-refractivity contribution in [3.63, 3.8) is 0 Å². The van der Waals surface area contributed by atoms with Crippen LogP contribution in [0, 0.1) is 10.1 Å². The largest absolute Gasteiger partial charge is 0.464 e. The highest BCUT2D eigenvalue weighted by Gasteiger charge is 2.05. The Morgan fingerprint density at radius 2 is 1.58 bits per heavy atom. The van der Waals surface area contributed by atoms with Crippen molar-refractivity contribution < 1.29 is 9.34 Å². The van der Waals surface area contributed by atoms with E-state index in [1.54, 1.807) is 11.8 Å². The number of furan rings is 1. The lowest BCUT2D eigenvalue weighted by molar-refractivity contribution is -0.404. The maximum Gasteiger partial charge on any atom is 0.274 e. The van der Waals surface area contributed by atoms with Crippen LogP contribution in [0.1, 0.15) is 75.7 Å². The van der Waals surface area contributed by atoms with Gasteiger partial charge in [0.05, 0.1) is 17.2 Å². The second kappa shape index (κ2) is 19.7. The fourth-order valence-corrected chi connectivity index (χ4v) is 4.24. The number of nitrogens with one attached hydrogen (secondary N) is 2. The molecule has 0 aromatic carbocycles. The molecule has 4 N–H and O–H groups in total. The first-order chi connectivity index (χ1) is 16.0. The summed E-state index contributed by atoms with van der Waals surface area (Å²) in [5.74, 6) is 4.05. The smallest absolute Gasteiger partial charge is 0.274 e. The van der Waals surface area contributed by atoms with E-state index in [1.165, 1.54) is 44.9 Å². The number of nitrogens with zero attached hydrogens (tertiary/aromatic N) is 2. The number of unbranched alkanes of at least 4 members (excludes halogenated alkanes) is 9. The van der Waals surface area contributed by atoms with Gasteiger partial charge in [0.2, 0.25) is 0 Å². The molecular formula is C24H45N5O3S. The normalized spacial score (nSPS) is 11.8. The van der Waals surface area contributed by atoms with Crippen molar-refractivity contribution in [3.8, 4) is 0 Å². The third-order valence-electron chi connectivity index (χ3n) is 5.18. The third-order valence-corrected chi connectivity index (χ3v) is 6.16. The van der Waals surface area contributed by atoms with E-state index >= 15 is 0 Å². The molecule has 0 aliphatic rings. The number of hydrogen-bond acceptors (Lipinski definition) is 8. The zero-order valence-electron chi connectivity index (χ0n) is 20.7. The Bertz CT molecular complexity index is 652. The minimum absolute atomic E-state index is 0.412. The van der Waals surface area contributed by atoms with Crippen molar-refractivity contribution in [3.05, 3.63) is 45.8 Å². The van der Waals surface area contributed by atoms with E-state index in [1.807, 2.05) is 26.2 Å². The van der Waals surface area contributed by atoms with Crippen molar-refractivity contribution in [1.82, 2.24) is 15.5 Å². The molecule has 33 heavy (non-hydrogen) atoms. The molecule has 0 spiro atoms. The van der Waals surface area contributed by atoms with Gasteiger partial charge in [0.25, 0.3) is 6.20 Å². The van der Waals surface area contributed by atoms with Crippen LogP contribution in [0.3, 0.4) is 0 Å². The van der Waals surface area contributed by atoms with E-state index in [-0.39, 0.29) is 0 Å². The summed E-state index contributed by atoms with van der Waals surface area (Å²) < 4.78 is 5.80. The highest BCUT2D eigenvalue weighted by Crippen LogP contribution is 2.16. The zero-order valence-corrected chi connectivity index (χ0v) is 21.5. The monoisotopic (exact) mass is 483 g/mol. The molecule has 0 aliphatic heterocycles. The van der Waals surface area contributed by atoms with Crippen LogP contribution >= 0.6 is 11.8 Å². The van der Waals surface area contributed by atoms with Gasteiger partial charge in [-0.05, 0) is 45.6 Å². The van der Waals surface area contributed by atoms with Crippen LogP contribution < -0.4 is 16.4 Å². The lowest BCUT2D eigenvalue weighted by Gasteiger charge is -2.11. The van der Waals surface area contributed by atoms with Crippen molar-refractivity contribution >= 4 is 11.8 Å². The molecule has 0 fully saturated rings. The molecule has 0 saturated heterocycles. The van der Waals surface area contributed by atoms with Crippen LogP contribution in [0.2, 0.25) is 0 Å². The van der Waals surface area contributed by atoms with Crippen LogP contribution in [-0.4, -0.2) is 49.3 Å². The first-order valence-corrected chi connectivity index (χ1v) is 13.5. The molecule has 0 amide bonds. The maximum absolute atomic E-state index is 10.9. The molecule has 0 unspecified atom stereocenters. The molecule has 0 saturated carbocycles. The predicted octanol–water partition coefficient (Wildman–Crippen LogP) is 4.69. The number of nitro groups is 1. The first-order valence-electron chi connectivity index (χ1n) is 12.3. The molecule has 1 aromatic rings. The van der Waals surface area contributed by atoms with Crippen LogP contribution in [-0.2, 0) is 12.3 Å². The van der Waals surface area contributed by atoms with Gasteiger partial charge in [-0.25, -0.2) is 0 Å². The minimum atomic E-state index is -0.412. The molecule has 1 rings (SSSR count). The lowest BCUT2D eigenvalue weighted by Crippen LogP contribution is -2.29. The van der Waals surface area contributed by atoms with Crippen LogP contribution in [0.25, 0.3) is 0 Å². The molecule has 9 heteroatoms. The second-order valence-electron chi connectivity index (χ2n) is 8.66. The van der Waals surface area contributed by atoms with Crippen molar-refractivity contribution in [1.29, 1.82) is 0 Å². The van der Waals surface area contributed by atoms with Crippen LogP contribution in [0.5, 0.6) is 0 Å². The summed E-state index contributed by atoms with van der Waals surface area (Å²) in [6, 6.07) is 4.03. The van der Waals surface area contributed by atoms with E-state index in [0.29, 0.717) is 12.4 Å². The first kappa shape index (κ1) is 29.3. The van der Waals surface area contributed by atoms with Gasteiger partial charge in [-0.3, -0.25) is 10.1 Å². The summed E-state index contributed by atoms with van der Waals surface area (Å²) in [5, 5.41) is 17.2. The fraction of sp³-hybridized carbons (Fsp3) is 0.750. The van der Waals surface area contributed by atoms with Gasteiger partial charge < -0.3 is 25.7 Å². The van der Waals surface area contributed by atoms with E-state index < -0.39 is 4.92 Å². The minimum Gasteiger partial charge on any atom is -0.464 e. The molecule has 0 bridgehead atoms. The topological polar surface area (TPSA) is 110 Å². The predicted molar refractivity (Wildman–Crippen MR) is 139 cm³/mol. The second-order valence-corrected chi connectivity index (χ2v) is 9.77. The fourth-order valence-electron chi connectivity index (χ4n) is 3.49. The highest BCUT2D eigenvalue weighted by molar-refractivity contribution is 7.98. The zero-order chi connectivity index (χ0) is 24.2. The Labute approximate surface area is 204 Å². The molecule has 1 aromatic heterocycles. The van der Waals surface area contributed by atoms with Crippen molar-refractivity contribution in [2.45, 2.75) is 76.5 Å². The Hall–Kier alpha value is -1.71. The molecule has 0 atom stereocenters. The van der Waals surface area contributed by atoms with Gasteiger partial charge in [0, 0.05) is 18.8 Å². The van der Waals surface area contributed by atoms with Gasteiger partial charge in [-0.2, -0.15) is 11.8 Å². The Balaban J connectivity index is 2.07. The van der Waals surface area contributed by atoms with Gasteiger partial charge in [-0.15, -0.1) is 0 Å². The summed E-state index contributed by atoms with van der Waals surface area (Å²) in [6.45, 7) is 3.02. The van der Waals surface area contributed by atoms with E-state index in [4.69, 9.17) is 10.2 Å². The summed E-state index contributed by atoms with van der Waals surface area (Å²) in [4.78, 5) is 12.6. The van der Waals surface area contributed by atoms with Crippen molar-refractivity contribution in [2.75, 3.05) is 39.5 Å². The molecule has 0 radical (unpaired) electrons. The van der Waals surface area contributed by atoms with E-state index in [2.05, 4.69) is 15.5 Å².